The summed E-state index contributed by atoms with van der Waals surface area (Å²) in [4.78, 5) is 25.4. The quantitative estimate of drug-likeness (QED) is 0.544. The molecule has 1 aromatic rings. The van der Waals surface area contributed by atoms with E-state index in [2.05, 4.69) is 0 Å². The third kappa shape index (κ3) is 5.70. The molecular weight excluding hydrogens is 290 g/mol. The predicted molar refractivity (Wildman–Crippen MR) is 90.4 cm³/mol. The fourth-order valence-electron chi connectivity index (χ4n) is 3.06. The van der Waals surface area contributed by atoms with Gasteiger partial charge >= 0.3 is 5.97 Å². The van der Waals surface area contributed by atoms with E-state index in [1.807, 2.05) is 23.1 Å². The maximum absolute atomic E-state index is 11.9. The van der Waals surface area contributed by atoms with Crippen molar-refractivity contribution >= 4 is 11.9 Å². The first kappa shape index (κ1) is 17.5. The molecule has 0 radical (unpaired) electrons. The van der Waals surface area contributed by atoms with Gasteiger partial charge in [-0.25, -0.2) is 4.79 Å². The van der Waals surface area contributed by atoms with E-state index >= 15 is 0 Å². The number of ether oxygens (including phenoxy) is 1. The highest BCUT2D eigenvalue weighted by Gasteiger charge is 2.16. The maximum atomic E-state index is 11.9. The molecule has 0 saturated carbocycles. The highest BCUT2D eigenvalue weighted by Crippen LogP contribution is 2.14. The van der Waals surface area contributed by atoms with Crippen molar-refractivity contribution in [3.8, 4) is 0 Å². The molecule has 0 atom stereocenters. The fourth-order valence-corrected chi connectivity index (χ4v) is 3.06. The van der Waals surface area contributed by atoms with E-state index in [-0.39, 0.29) is 5.97 Å². The van der Waals surface area contributed by atoms with E-state index in [4.69, 9.17) is 4.74 Å². The van der Waals surface area contributed by atoms with E-state index in [1.54, 1.807) is 6.07 Å². The van der Waals surface area contributed by atoms with Crippen molar-refractivity contribution in [3.63, 3.8) is 0 Å². The molecule has 2 rings (SSSR count). The highest BCUT2D eigenvalue weighted by molar-refractivity contribution is 5.89. The molecule has 1 amide bonds. The van der Waals surface area contributed by atoms with Crippen LogP contribution in [0.15, 0.2) is 24.3 Å². The SMILES string of the molecule is COC(=O)c1cccc(CCCCCCC(=O)N2CCCC2)c1. The van der Waals surface area contributed by atoms with Gasteiger partial charge in [0, 0.05) is 19.5 Å². The standard InChI is InChI=1S/C19H27NO3/c1-23-19(22)17-11-8-10-16(15-17)9-4-2-3-5-12-18(21)20-13-6-7-14-20/h8,10-11,15H,2-7,9,12-14H2,1H3. The number of amides is 1. The number of aryl methyl sites for hydroxylation is 1. The van der Waals surface area contributed by atoms with Crippen LogP contribution in [0.5, 0.6) is 0 Å². The molecule has 126 valence electrons. The first-order valence-electron chi connectivity index (χ1n) is 8.66. The minimum Gasteiger partial charge on any atom is -0.465 e. The van der Waals surface area contributed by atoms with Crippen molar-refractivity contribution in [2.75, 3.05) is 20.2 Å². The highest BCUT2D eigenvalue weighted by atomic mass is 16.5. The monoisotopic (exact) mass is 317 g/mol. The van der Waals surface area contributed by atoms with Crippen LogP contribution in [0.1, 0.15) is 60.9 Å². The summed E-state index contributed by atoms with van der Waals surface area (Å²) >= 11 is 0. The predicted octanol–water partition coefficient (Wildman–Crippen LogP) is 3.59. The summed E-state index contributed by atoms with van der Waals surface area (Å²) in [5, 5.41) is 0. The summed E-state index contributed by atoms with van der Waals surface area (Å²) in [6.07, 6.45) is 8.27. The van der Waals surface area contributed by atoms with Gasteiger partial charge in [0.05, 0.1) is 12.7 Å². The molecule has 1 heterocycles. The average Bonchev–Trinajstić information content (AvgIpc) is 3.12. The molecule has 1 saturated heterocycles. The van der Waals surface area contributed by atoms with Crippen LogP contribution in [0.2, 0.25) is 0 Å². The van der Waals surface area contributed by atoms with Crippen LogP contribution in [0, 0.1) is 0 Å². The van der Waals surface area contributed by atoms with Gasteiger partial charge in [0.15, 0.2) is 0 Å². The molecule has 1 aliphatic heterocycles. The number of hydrogen-bond donors (Lipinski definition) is 0. The van der Waals surface area contributed by atoms with E-state index in [0.29, 0.717) is 17.9 Å². The molecule has 1 aliphatic rings. The second kappa shape index (κ2) is 9.33. The maximum Gasteiger partial charge on any atom is 0.337 e. The molecule has 1 fully saturated rings. The zero-order valence-corrected chi connectivity index (χ0v) is 14.1. The van der Waals surface area contributed by atoms with Crippen LogP contribution in [-0.4, -0.2) is 37.0 Å². The van der Waals surface area contributed by atoms with E-state index in [0.717, 1.165) is 58.0 Å². The summed E-state index contributed by atoms with van der Waals surface area (Å²) in [6, 6.07) is 7.63. The molecule has 0 bridgehead atoms. The molecular formula is C19H27NO3. The van der Waals surface area contributed by atoms with Crippen molar-refractivity contribution in [2.45, 2.75) is 51.4 Å². The Hall–Kier alpha value is -1.84. The number of benzene rings is 1. The summed E-state index contributed by atoms with van der Waals surface area (Å²) < 4.78 is 4.74. The number of unbranched alkanes of at least 4 members (excludes halogenated alkanes) is 3. The Morgan fingerprint density at radius 1 is 1.09 bits per heavy atom. The van der Waals surface area contributed by atoms with Gasteiger partial charge in [-0.1, -0.05) is 25.0 Å². The number of methoxy groups -OCH3 is 1. The summed E-state index contributed by atoms with van der Waals surface area (Å²) in [5.41, 5.74) is 1.78. The van der Waals surface area contributed by atoms with Gasteiger partial charge in [-0.15, -0.1) is 0 Å². The summed E-state index contributed by atoms with van der Waals surface area (Å²) in [6.45, 7) is 1.91. The van der Waals surface area contributed by atoms with Crippen LogP contribution in [-0.2, 0) is 16.0 Å². The lowest BCUT2D eigenvalue weighted by Gasteiger charge is -2.14. The molecule has 0 unspecified atom stereocenters. The average molecular weight is 317 g/mol. The van der Waals surface area contributed by atoms with E-state index in [1.165, 1.54) is 12.7 Å². The van der Waals surface area contributed by atoms with Gasteiger partial charge in [-0.05, 0) is 49.8 Å². The van der Waals surface area contributed by atoms with E-state index < -0.39 is 0 Å². The largest absolute Gasteiger partial charge is 0.465 e. The number of carbonyl (C=O) groups is 2. The molecule has 4 nitrogen and oxygen atoms in total. The van der Waals surface area contributed by atoms with Crippen LogP contribution in [0.3, 0.4) is 0 Å². The molecule has 4 heteroatoms. The van der Waals surface area contributed by atoms with Crippen molar-refractivity contribution in [3.05, 3.63) is 35.4 Å². The molecule has 1 aromatic carbocycles. The third-order valence-electron chi connectivity index (χ3n) is 4.41. The number of esters is 1. The molecule has 0 aromatic heterocycles. The third-order valence-corrected chi connectivity index (χ3v) is 4.41. The number of rotatable bonds is 8. The Morgan fingerprint density at radius 2 is 1.83 bits per heavy atom. The van der Waals surface area contributed by atoms with Gasteiger partial charge in [0.25, 0.3) is 0 Å². The number of likely N-dealkylation sites (tertiary alicyclic amines) is 1. The normalized spacial score (nSPS) is 14.0. The van der Waals surface area contributed by atoms with Crippen LogP contribution < -0.4 is 0 Å². The first-order chi connectivity index (χ1) is 11.2. The lowest BCUT2D eigenvalue weighted by molar-refractivity contribution is -0.130. The van der Waals surface area contributed by atoms with Gasteiger partial charge in [-0.3, -0.25) is 4.79 Å². The van der Waals surface area contributed by atoms with Crippen LogP contribution in [0.4, 0.5) is 0 Å². The lowest BCUT2D eigenvalue weighted by atomic mass is 10.0. The lowest BCUT2D eigenvalue weighted by Crippen LogP contribution is -2.27. The number of hydrogen-bond acceptors (Lipinski definition) is 3. The molecule has 0 aliphatic carbocycles. The van der Waals surface area contributed by atoms with Crippen molar-refractivity contribution < 1.29 is 14.3 Å². The summed E-state index contributed by atoms with van der Waals surface area (Å²) in [5.74, 6) is 0.0422. The zero-order valence-electron chi connectivity index (χ0n) is 14.1. The minimum atomic E-state index is -0.285. The molecule has 0 spiro atoms. The van der Waals surface area contributed by atoms with Crippen molar-refractivity contribution in [2.24, 2.45) is 0 Å². The summed E-state index contributed by atoms with van der Waals surface area (Å²) in [7, 11) is 1.40. The molecule has 23 heavy (non-hydrogen) atoms. The van der Waals surface area contributed by atoms with Crippen molar-refractivity contribution in [1.82, 2.24) is 4.90 Å². The second-order valence-electron chi connectivity index (χ2n) is 6.19. The van der Waals surface area contributed by atoms with Gasteiger partial charge < -0.3 is 9.64 Å². The van der Waals surface area contributed by atoms with Gasteiger partial charge in [0.1, 0.15) is 0 Å². The molecule has 0 N–H and O–H groups in total. The topological polar surface area (TPSA) is 46.6 Å². The fraction of sp³-hybridized carbons (Fsp3) is 0.579. The Balaban J connectivity index is 1.60. The van der Waals surface area contributed by atoms with Gasteiger partial charge in [0.2, 0.25) is 5.91 Å². The van der Waals surface area contributed by atoms with Gasteiger partial charge in [-0.2, -0.15) is 0 Å². The van der Waals surface area contributed by atoms with Crippen LogP contribution in [0.25, 0.3) is 0 Å². The Bertz CT molecular complexity index is 521. The second-order valence-corrected chi connectivity index (χ2v) is 6.19. The van der Waals surface area contributed by atoms with Crippen molar-refractivity contribution in [1.29, 1.82) is 0 Å². The van der Waals surface area contributed by atoms with E-state index in [9.17, 15) is 9.59 Å². The Kier molecular flexibility index (Phi) is 7.11. The zero-order chi connectivity index (χ0) is 16.5. The van der Waals surface area contributed by atoms with Crippen LogP contribution >= 0.6 is 0 Å². The smallest absolute Gasteiger partial charge is 0.337 e. The number of carbonyl (C=O) groups excluding carboxylic acids is 2. The Morgan fingerprint density at radius 3 is 2.57 bits per heavy atom. The first-order valence-corrected chi connectivity index (χ1v) is 8.66. The Labute approximate surface area is 138 Å². The number of nitrogens with zero attached hydrogens (tertiary/aromatic N) is 1. The minimum absolute atomic E-state index is 0.285.